The van der Waals surface area contributed by atoms with Crippen LogP contribution in [0.25, 0.3) is 0 Å². The first kappa shape index (κ1) is 18.1. The molecule has 1 aromatic heterocycles. The second kappa shape index (κ2) is 8.01. The lowest BCUT2D eigenvalue weighted by Crippen LogP contribution is -2.21. The Labute approximate surface area is 144 Å². The number of aromatic nitrogens is 1. The number of hydrogen-bond donors (Lipinski definition) is 2. The molecular formula is C17H24N4O2S. The van der Waals surface area contributed by atoms with E-state index in [1.807, 2.05) is 12.1 Å². The lowest BCUT2D eigenvalue weighted by atomic mass is 10.2. The molecule has 0 saturated carbocycles. The highest BCUT2D eigenvalue weighted by Crippen LogP contribution is 2.21. The fourth-order valence-electron chi connectivity index (χ4n) is 2.27. The van der Waals surface area contributed by atoms with Gasteiger partial charge in [0, 0.05) is 24.5 Å². The zero-order valence-corrected chi connectivity index (χ0v) is 15.1. The smallest absolute Gasteiger partial charge is 0.232 e. The Kier molecular flexibility index (Phi) is 6.03. The summed E-state index contributed by atoms with van der Waals surface area (Å²) in [6, 6.07) is 11.6. The van der Waals surface area contributed by atoms with Gasteiger partial charge in [-0.25, -0.2) is 13.4 Å². The van der Waals surface area contributed by atoms with Gasteiger partial charge in [-0.1, -0.05) is 0 Å². The summed E-state index contributed by atoms with van der Waals surface area (Å²) in [5.41, 5.74) is 2.57. The van der Waals surface area contributed by atoms with E-state index in [2.05, 4.69) is 45.9 Å². The molecule has 2 rings (SSSR count). The van der Waals surface area contributed by atoms with Crippen LogP contribution in [0.15, 0.2) is 42.6 Å². The number of rotatable bonds is 8. The third kappa shape index (κ3) is 4.86. The summed E-state index contributed by atoms with van der Waals surface area (Å²) in [5.74, 6) is 0.691. The van der Waals surface area contributed by atoms with Crippen LogP contribution < -0.4 is 14.9 Å². The highest BCUT2D eigenvalue weighted by atomic mass is 32.2. The molecule has 0 radical (unpaired) electrons. The van der Waals surface area contributed by atoms with Gasteiger partial charge in [0.1, 0.15) is 5.82 Å². The highest BCUT2D eigenvalue weighted by molar-refractivity contribution is 7.92. The zero-order valence-electron chi connectivity index (χ0n) is 14.3. The summed E-state index contributed by atoms with van der Waals surface area (Å²) < 4.78 is 25.5. The molecule has 130 valence electrons. The molecule has 0 fully saturated rings. The van der Waals surface area contributed by atoms with Crippen LogP contribution in [0.3, 0.4) is 0 Å². The fourth-order valence-corrected chi connectivity index (χ4v) is 2.90. The monoisotopic (exact) mass is 348 g/mol. The topological polar surface area (TPSA) is 74.3 Å². The maximum atomic E-state index is 11.5. The van der Waals surface area contributed by atoms with Crippen molar-refractivity contribution in [3.05, 3.63) is 42.6 Å². The molecule has 2 N–H and O–H groups in total. The van der Waals surface area contributed by atoms with Crippen LogP contribution in [0.5, 0.6) is 0 Å². The van der Waals surface area contributed by atoms with Gasteiger partial charge < -0.3 is 10.2 Å². The van der Waals surface area contributed by atoms with Gasteiger partial charge in [0.15, 0.2) is 0 Å². The van der Waals surface area contributed by atoms with Gasteiger partial charge in [0.05, 0.1) is 17.6 Å². The maximum absolute atomic E-state index is 11.5. The molecule has 7 heteroatoms. The molecule has 2 aromatic rings. The summed E-state index contributed by atoms with van der Waals surface area (Å²) in [5, 5.41) is 3.20. The second-order valence-corrected chi connectivity index (χ2v) is 7.29. The van der Waals surface area contributed by atoms with Gasteiger partial charge in [-0.3, -0.25) is 4.72 Å². The minimum atomic E-state index is -3.28. The van der Waals surface area contributed by atoms with E-state index in [9.17, 15) is 8.42 Å². The minimum Gasteiger partial charge on any atom is -0.372 e. The lowest BCUT2D eigenvalue weighted by molar-refractivity contribution is 0.602. The summed E-state index contributed by atoms with van der Waals surface area (Å²) in [6.45, 7) is 7.80. The van der Waals surface area contributed by atoms with Crippen molar-refractivity contribution in [3.8, 4) is 0 Å². The molecular weight excluding hydrogens is 324 g/mol. The number of hydrogen-bond acceptors (Lipinski definition) is 5. The SMILES string of the molecule is CCN(CC)c1ccc(Nc2ccc(NS(=O)(=O)CC)cn2)cc1. The van der Waals surface area contributed by atoms with E-state index in [4.69, 9.17) is 0 Å². The molecule has 0 spiro atoms. The average molecular weight is 348 g/mol. The van der Waals surface area contributed by atoms with Crippen LogP contribution in [0.2, 0.25) is 0 Å². The fraction of sp³-hybridized carbons (Fsp3) is 0.353. The molecule has 1 aromatic carbocycles. The van der Waals surface area contributed by atoms with E-state index in [0.717, 1.165) is 18.8 Å². The number of nitrogens with one attached hydrogen (secondary N) is 2. The van der Waals surface area contributed by atoms with Crippen LogP contribution in [0.1, 0.15) is 20.8 Å². The first-order chi connectivity index (χ1) is 11.5. The lowest BCUT2D eigenvalue weighted by Gasteiger charge is -2.21. The van der Waals surface area contributed by atoms with E-state index < -0.39 is 10.0 Å². The van der Waals surface area contributed by atoms with E-state index >= 15 is 0 Å². The third-order valence-corrected chi connectivity index (χ3v) is 4.99. The Hall–Kier alpha value is -2.28. The Morgan fingerprint density at radius 3 is 2.08 bits per heavy atom. The van der Waals surface area contributed by atoms with E-state index in [1.54, 1.807) is 19.1 Å². The van der Waals surface area contributed by atoms with Crippen molar-refractivity contribution in [1.82, 2.24) is 4.98 Å². The zero-order chi connectivity index (χ0) is 17.6. The van der Waals surface area contributed by atoms with Gasteiger partial charge in [0.2, 0.25) is 10.0 Å². The third-order valence-electron chi connectivity index (χ3n) is 3.69. The standard InChI is InChI=1S/C17H24N4O2S/c1-4-21(5-2)16-10-7-14(8-11-16)19-17-12-9-15(13-18-17)20-24(22,23)6-3/h7-13,20H,4-6H2,1-3H3,(H,18,19). The second-order valence-electron chi connectivity index (χ2n) is 5.28. The quantitative estimate of drug-likeness (QED) is 0.764. The number of sulfonamides is 1. The van der Waals surface area contributed by atoms with E-state index in [-0.39, 0.29) is 5.75 Å². The first-order valence-corrected chi connectivity index (χ1v) is 9.71. The Bertz CT molecular complexity index is 739. The van der Waals surface area contributed by atoms with E-state index in [1.165, 1.54) is 11.9 Å². The first-order valence-electron chi connectivity index (χ1n) is 8.06. The van der Waals surface area contributed by atoms with Crippen molar-refractivity contribution in [1.29, 1.82) is 0 Å². The van der Waals surface area contributed by atoms with Crippen molar-refractivity contribution in [2.45, 2.75) is 20.8 Å². The Morgan fingerprint density at radius 1 is 0.958 bits per heavy atom. The molecule has 0 atom stereocenters. The minimum absolute atomic E-state index is 0.0336. The van der Waals surface area contributed by atoms with Crippen LogP contribution in [0.4, 0.5) is 22.9 Å². The molecule has 24 heavy (non-hydrogen) atoms. The molecule has 1 heterocycles. The average Bonchev–Trinajstić information content (AvgIpc) is 2.59. The molecule has 0 amide bonds. The van der Waals surface area contributed by atoms with Crippen LogP contribution >= 0.6 is 0 Å². The summed E-state index contributed by atoms with van der Waals surface area (Å²) in [7, 11) is -3.28. The molecule has 0 saturated heterocycles. The molecule has 0 aliphatic carbocycles. The van der Waals surface area contributed by atoms with Gasteiger partial charge in [-0.05, 0) is 57.2 Å². The molecule has 0 aliphatic rings. The highest BCUT2D eigenvalue weighted by Gasteiger charge is 2.07. The number of pyridine rings is 1. The Morgan fingerprint density at radius 2 is 1.58 bits per heavy atom. The predicted octanol–water partition coefficient (Wildman–Crippen LogP) is 3.43. The molecule has 0 aliphatic heterocycles. The number of anilines is 4. The van der Waals surface area contributed by atoms with Crippen molar-refractivity contribution in [2.75, 3.05) is 33.8 Å². The van der Waals surface area contributed by atoms with Gasteiger partial charge in [-0.15, -0.1) is 0 Å². The van der Waals surface area contributed by atoms with E-state index in [0.29, 0.717) is 11.5 Å². The summed E-state index contributed by atoms with van der Waals surface area (Å²) in [6.07, 6.45) is 1.50. The van der Waals surface area contributed by atoms with Gasteiger partial charge >= 0.3 is 0 Å². The maximum Gasteiger partial charge on any atom is 0.232 e. The van der Waals surface area contributed by atoms with Crippen LogP contribution in [-0.4, -0.2) is 32.2 Å². The summed E-state index contributed by atoms with van der Waals surface area (Å²) in [4.78, 5) is 6.51. The number of nitrogens with zero attached hydrogens (tertiary/aromatic N) is 2. The number of benzene rings is 1. The molecule has 6 nitrogen and oxygen atoms in total. The summed E-state index contributed by atoms with van der Waals surface area (Å²) >= 11 is 0. The predicted molar refractivity (Wildman–Crippen MR) is 101 cm³/mol. The van der Waals surface area contributed by atoms with Crippen molar-refractivity contribution in [3.63, 3.8) is 0 Å². The molecule has 0 bridgehead atoms. The van der Waals surface area contributed by atoms with Crippen molar-refractivity contribution >= 4 is 32.9 Å². The largest absolute Gasteiger partial charge is 0.372 e. The molecule has 0 unspecified atom stereocenters. The van der Waals surface area contributed by atoms with Crippen LogP contribution in [-0.2, 0) is 10.0 Å². The van der Waals surface area contributed by atoms with Gasteiger partial charge in [-0.2, -0.15) is 0 Å². The van der Waals surface area contributed by atoms with Crippen molar-refractivity contribution in [2.24, 2.45) is 0 Å². The van der Waals surface area contributed by atoms with Gasteiger partial charge in [0.25, 0.3) is 0 Å². The van der Waals surface area contributed by atoms with Crippen LogP contribution in [0, 0.1) is 0 Å². The Balaban J connectivity index is 2.03. The normalized spacial score (nSPS) is 11.1. The van der Waals surface area contributed by atoms with Crippen molar-refractivity contribution < 1.29 is 8.42 Å².